The minimum Gasteiger partial charge on any atom is -0.503 e. The molecule has 6 nitrogen and oxygen atoms in total. The molecule has 156 valence electrons. The van der Waals surface area contributed by atoms with E-state index < -0.39 is 0 Å². The van der Waals surface area contributed by atoms with Crippen molar-refractivity contribution in [2.75, 3.05) is 33.4 Å². The number of phenols is 1. The van der Waals surface area contributed by atoms with E-state index in [4.69, 9.17) is 21.1 Å². The van der Waals surface area contributed by atoms with E-state index in [-0.39, 0.29) is 17.8 Å². The summed E-state index contributed by atoms with van der Waals surface area (Å²) in [5, 5.41) is 13.2. The monoisotopic (exact) mass is 410 g/mol. The second-order valence-electron chi connectivity index (χ2n) is 7.83. The highest BCUT2D eigenvalue weighted by molar-refractivity contribution is 6.32. The van der Waals surface area contributed by atoms with Gasteiger partial charge in [0, 0.05) is 26.1 Å². The van der Waals surface area contributed by atoms with Crippen LogP contribution in [-0.2, 0) is 16.1 Å². The lowest BCUT2D eigenvalue weighted by molar-refractivity contribution is -0.122. The molecule has 2 saturated heterocycles. The zero-order chi connectivity index (χ0) is 19.9. The van der Waals surface area contributed by atoms with E-state index in [2.05, 4.69) is 10.2 Å². The Morgan fingerprint density at radius 2 is 2.14 bits per heavy atom. The first-order valence-electron chi connectivity index (χ1n) is 10.2. The highest BCUT2D eigenvalue weighted by Crippen LogP contribution is 2.35. The van der Waals surface area contributed by atoms with Crippen LogP contribution >= 0.6 is 11.6 Å². The Morgan fingerprint density at radius 1 is 1.36 bits per heavy atom. The highest BCUT2D eigenvalue weighted by atomic mass is 35.5. The van der Waals surface area contributed by atoms with Gasteiger partial charge >= 0.3 is 0 Å². The Bertz CT molecular complexity index is 656. The number of ether oxygens (including phenoxy) is 2. The summed E-state index contributed by atoms with van der Waals surface area (Å²) in [6.45, 7) is 4.26. The number of piperidine rings is 1. The molecule has 1 amide bonds. The van der Waals surface area contributed by atoms with Gasteiger partial charge in [-0.25, -0.2) is 0 Å². The van der Waals surface area contributed by atoms with Crippen LogP contribution in [0.25, 0.3) is 0 Å². The van der Waals surface area contributed by atoms with Gasteiger partial charge in [-0.3, -0.25) is 9.69 Å². The first-order valence-corrected chi connectivity index (χ1v) is 10.6. The fraction of sp³-hybridized carbons (Fsp3) is 0.667. The molecule has 1 aromatic carbocycles. The van der Waals surface area contributed by atoms with Gasteiger partial charge in [-0.05, 0) is 68.8 Å². The topological polar surface area (TPSA) is 71.0 Å². The van der Waals surface area contributed by atoms with Crippen LogP contribution < -0.4 is 10.1 Å². The summed E-state index contributed by atoms with van der Waals surface area (Å²) in [5.74, 6) is 1.14. The Balaban J connectivity index is 1.36. The summed E-state index contributed by atoms with van der Waals surface area (Å²) in [5.41, 5.74) is 1.03. The number of benzene rings is 1. The summed E-state index contributed by atoms with van der Waals surface area (Å²) in [7, 11) is 1.53. The van der Waals surface area contributed by atoms with Crippen LogP contribution in [0.5, 0.6) is 11.5 Å². The molecule has 2 aliphatic rings. The maximum absolute atomic E-state index is 12.0. The Morgan fingerprint density at radius 3 is 2.82 bits per heavy atom. The van der Waals surface area contributed by atoms with Crippen LogP contribution in [0.1, 0.15) is 44.1 Å². The molecule has 0 bridgehead atoms. The van der Waals surface area contributed by atoms with E-state index in [1.807, 2.05) is 6.07 Å². The molecule has 0 saturated carbocycles. The number of nitrogens with zero attached hydrogens (tertiary/aromatic N) is 1. The lowest BCUT2D eigenvalue weighted by Crippen LogP contribution is -2.34. The highest BCUT2D eigenvalue weighted by Gasteiger charge is 2.21. The maximum atomic E-state index is 12.0. The average molecular weight is 411 g/mol. The van der Waals surface area contributed by atoms with Crippen molar-refractivity contribution < 1.29 is 19.4 Å². The van der Waals surface area contributed by atoms with Gasteiger partial charge in [0.2, 0.25) is 5.91 Å². The molecular weight excluding hydrogens is 380 g/mol. The fourth-order valence-electron chi connectivity index (χ4n) is 4.02. The van der Waals surface area contributed by atoms with Crippen molar-refractivity contribution in [2.45, 2.75) is 51.2 Å². The van der Waals surface area contributed by atoms with E-state index in [1.165, 1.54) is 7.11 Å². The fourth-order valence-corrected chi connectivity index (χ4v) is 4.26. The molecule has 7 heteroatoms. The summed E-state index contributed by atoms with van der Waals surface area (Å²) in [6.07, 6.45) is 6.11. The average Bonchev–Trinajstić information content (AvgIpc) is 3.22. The number of aromatic hydroxyl groups is 1. The number of carbonyl (C=O) groups is 1. The number of amides is 1. The van der Waals surface area contributed by atoms with E-state index in [0.717, 1.165) is 63.9 Å². The van der Waals surface area contributed by atoms with Crippen molar-refractivity contribution in [2.24, 2.45) is 5.92 Å². The van der Waals surface area contributed by atoms with Crippen LogP contribution in [-0.4, -0.2) is 55.4 Å². The number of likely N-dealkylation sites (tertiary alicyclic amines) is 1. The molecule has 2 heterocycles. The number of nitrogens with one attached hydrogen (secondary N) is 1. The van der Waals surface area contributed by atoms with Crippen molar-refractivity contribution in [1.82, 2.24) is 10.2 Å². The third-order valence-corrected chi connectivity index (χ3v) is 6.04. The maximum Gasteiger partial charge on any atom is 0.220 e. The molecule has 1 atom stereocenters. The molecule has 0 radical (unpaired) electrons. The number of hydrogen-bond donors (Lipinski definition) is 2. The number of hydrogen-bond acceptors (Lipinski definition) is 5. The van der Waals surface area contributed by atoms with Crippen LogP contribution in [0.3, 0.4) is 0 Å². The second kappa shape index (κ2) is 10.3. The molecule has 1 aromatic rings. The quantitative estimate of drug-likeness (QED) is 0.687. The van der Waals surface area contributed by atoms with Crippen molar-refractivity contribution >= 4 is 17.5 Å². The zero-order valence-corrected chi connectivity index (χ0v) is 17.3. The van der Waals surface area contributed by atoms with Gasteiger partial charge in [0.15, 0.2) is 11.5 Å². The predicted octanol–water partition coefficient (Wildman–Crippen LogP) is 3.34. The predicted molar refractivity (Wildman–Crippen MR) is 109 cm³/mol. The molecule has 1 unspecified atom stereocenters. The molecule has 0 aliphatic carbocycles. The lowest BCUT2D eigenvalue weighted by atomic mass is 9.92. The second-order valence-corrected chi connectivity index (χ2v) is 8.23. The molecule has 3 rings (SSSR count). The smallest absolute Gasteiger partial charge is 0.220 e. The van der Waals surface area contributed by atoms with Gasteiger partial charge in [0.1, 0.15) is 0 Å². The Labute approximate surface area is 172 Å². The van der Waals surface area contributed by atoms with Crippen molar-refractivity contribution in [1.29, 1.82) is 0 Å². The van der Waals surface area contributed by atoms with E-state index >= 15 is 0 Å². The number of rotatable bonds is 8. The van der Waals surface area contributed by atoms with Crippen LogP contribution in [0.15, 0.2) is 12.1 Å². The summed E-state index contributed by atoms with van der Waals surface area (Å²) in [6, 6.07) is 3.63. The van der Waals surface area contributed by atoms with E-state index in [0.29, 0.717) is 29.7 Å². The molecular formula is C21H31ClN2O4. The van der Waals surface area contributed by atoms with Crippen LogP contribution in [0, 0.1) is 5.92 Å². The Hall–Kier alpha value is -1.50. The van der Waals surface area contributed by atoms with Crippen molar-refractivity contribution in [3.05, 3.63) is 22.7 Å². The van der Waals surface area contributed by atoms with Gasteiger partial charge in [0.05, 0.1) is 18.2 Å². The zero-order valence-electron chi connectivity index (χ0n) is 16.6. The van der Waals surface area contributed by atoms with Gasteiger partial charge in [-0.2, -0.15) is 0 Å². The molecule has 0 spiro atoms. The summed E-state index contributed by atoms with van der Waals surface area (Å²) in [4.78, 5) is 14.4. The van der Waals surface area contributed by atoms with Crippen LogP contribution in [0.4, 0.5) is 0 Å². The van der Waals surface area contributed by atoms with Gasteiger partial charge in [0.25, 0.3) is 0 Å². The van der Waals surface area contributed by atoms with Gasteiger partial charge < -0.3 is 19.9 Å². The van der Waals surface area contributed by atoms with E-state index in [1.54, 1.807) is 6.07 Å². The number of carbonyl (C=O) groups excluding carboxylic acids is 1. The summed E-state index contributed by atoms with van der Waals surface area (Å²) < 4.78 is 10.7. The van der Waals surface area contributed by atoms with Crippen molar-refractivity contribution in [3.8, 4) is 11.5 Å². The van der Waals surface area contributed by atoms with E-state index in [9.17, 15) is 9.90 Å². The molecule has 2 N–H and O–H groups in total. The first kappa shape index (κ1) is 21.2. The first-order chi connectivity index (χ1) is 13.5. The standard InChI is InChI=1S/C21H31ClN2O4/c1-27-19-12-16(11-18(22)21(19)26)14-24-8-6-15(7-9-24)4-5-20(25)23-13-17-3-2-10-28-17/h11-12,15,17,26H,2-10,13-14H2,1H3,(H,23,25). The molecule has 2 fully saturated rings. The molecule has 28 heavy (non-hydrogen) atoms. The minimum atomic E-state index is -0.00982. The SMILES string of the molecule is COc1cc(CN2CCC(CCC(=O)NCC3CCCO3)CC2)cc(Cl)c1O. The minimum absolute atomic E-state index is 0.00982. The lowest BCUT2D eigenvalue weighted by Gasteiger charge is -2.32. The third kappa shape index (κ3) is 6.00. The Kier molecular flexibility index (Phi) is 7.82. The molecule has 0 aromatic heterocycles. The van der Waals surface area contributed by atoms with Gasteiger partial charge in [-0.15, -0.1) is 0 Å². The van der Waals surface area contributed by atoms with Crippen molar-refractivity contribution in [3.63, 3.8) is 0 Å². The van der Waals surface area contributed by atoms with Gasteiger partial charge in [-0.1, -0.05) is 11.6 Å². The largest absolute Gasteiger partial charge is 0.503 e. The van der Waals surface area contributed by atoms with Crippen LogP contribution in [0.2, 0.25) is 5.02 Å². The number of halogens is 1. The third-order valence-electron chi connectivity index (χ3n) is 5.75. The normalized spacial score (nSPS) is 21.0. The number of phenolic OH excluding ortho intramolecular Hbond substituents is 1. The number of methoxy groups -OCH3 is 1. The molecule has 2 aliphatic heterocycles. The summed E-state index contributed by atoms with van der Waals surface area (Å²) >= 11 is 6.08.